The molecule has 0 bridgehead atoms. The third-order valence-corrected chi connectivity index (χ3v) is 5.41. The highest BCUT2D eigenvalue weighted by Crippen LogP contribution is 2.23. The van der Waals surface area contributed by atoms with Crippen LogP contribution in [0.25, 0.3) is 0 Å². The maximum atomic E-state index is 11.1. The smallest absolute Gasteiger partial charge is 0.212 e. The molecule has 17 heavy (non-hydrogen) atoms. The Hall–Kier alpha value is 0.0500. The molecule has 7 heteroatoms. The lowest BCUT2D eigenvalue weighted by molar-refractivity contribution is 0.583. The molecule has 0 spiro atoms. The van der Waals surface area contributed by atoms with Gasteiger partial charge >= 0.3 is 0 Å². The number of benzene rings is 1. The SMILES string of the molecule is CNS(=O)(=O)CCNCc1ccc(Br)c(Br)c1. The summed E-state index contributed by atoms with van der Waals surface area (Å²) in [6, 6.07) is 5.92. The van der Waals surface area contributed by atoms with Crippen LogP contribution in [-0.2, 0) is 16.6 Å². The van der Waals surface area contributed by atoms with Crippen LogP contribution in [0.3, 0.4) is 0 Å². The van der Waals surface area contributed by atoms with Crippen LogP contribution >= 0.6 is 31.9 Å². The first kappa shape index (κ1) is 15.1. The van der Waals surface area contributed by atoms with Crippen LogP contribution in [0.1, 0.15) is 5.56 Å². The first-order valence-corrected chi connectivity index (χ1v) is 8.24. The summed E-state index contributed by atoms with van der Waals surface area (Å²) in [7, 11) is -1.70. The lowest BCUT2D eigenvalue weighted by atomic mass is 10.2. The number of halogens is 2. The van der Waals surface area contributed by atoms with E-state index < -0.39 is 10.0 Å². The summed E-state index contributed by atoms with van der Waals surface area (Å²) >= 11 is 6.81. The van der Waals surface area contributed by atoms with Crippen LogP contribution in [0.4, 0.5) is 0 Å². The molecule has 0 unspecified atom stereocenters. The summed E-state index contributed by atoms with van der Waals surface area (Å²) < 4.78 is 26.5. The third-order valence-electron chi connectivity index (χ3n) is 2.17. The molecule has 1 rings (SSSR count). The average Bonchev–Trinajstić information content (AvgIpc) is 2.29. The first-order valence-electron chi connectivity index (χ1n) is 5.00. The Balaban J connectivity index is 2.39. The van der Waals surface area contributed by atoms with Gasteiger partial charge in [0.15, 0.2) is 0 Å². The monoisotopic (exact) mass is 384 g/mol. The van der Waals surface area contributed by atoms with Crippen LogP contribution in [-0.4, -0.2) is 27.8 Å². The quantitative estimate of drug-likeness (QED) is 0.734. The van der Waals surface area contributed by atoms with Crippen LogP contribution in [0, 0.1) is 0 Å². The molecular weight excluding hydrogens is 372 g/mol. The van der Waals surface area contributed by atoms with E-state index in [1.54, 1.807) is 0 Å². The molecule has 4 nitrogen and oxygen atoms in total. The van der Waals surface area contributed by atoms with Gasteiger partial charge in [0.2, 0.25) is 10.0 Å². The lowest BCUT2D eigenvalue weighted by Crippen LogP contribution is -2.29. The van der Waals surface area contributed by atoms with Crippen molar-refractivity contribution in [1.29, 1.82) is 0 Å². The lowest BCUT2D eigenvalue weighted by Gasteiger charge is -2.06. The van der Waals surface area contributed by atoms with Gasteiger partial charge in [-0.25, -0.2) is 13.1 Å². The van der Waals surface area contributed by atoms with E-state index in [-0.39, 0.29) is 5.75 Å². The van der Waals surface area contributed by atoms with E-state index >= 15 is 0 Å². The van der Waals surface area contributed by atoms with E-state index in [0.717, 1.165) is 14.5 Å². The fourth-order valence-corrected chi connectivity index (χ4v) is 2.48. The van der Waals surface area contributed by atoms with Crippen LogP contribution in [0.5, 0.6) is 0 Å². The van der Waals surface area contributed by atoms with Crippen molar-refractivity contribution >= 4 is 41.9 Å². The normalized spacial score (nSPS) is 11.7. The van der Waals surface area contributed by atoms with Gasteiger partial charge in [-0.05, 0) is 56.6 Å². The van der Waals surface area contributed by atoms with Crippen LogP contribution in [0.2, 0.25) is 0 Å². The van der Waals surface area contributed by atoms with Gasteiger partial charge in [-0.15, -0.1) is 0 Å². The van der Waals surface area contributed by atoms with Crippen molar-refractivity contribution in [3.63, 3.8) is 0 Å². The largest absolute Gasteiger partial charge is 0.312 e. The molecule has 2 N–H and O–H groups in total. The maximum Gasteiger partial charge on any atom is 0.212 e. The van der Waals surface area contributed by atoms with Gasteiger partial charge in [-0.3, -0.25) is 0 Å². The Morgan fingerprint density at radius 1 is 1.24 bits per heavy atom. The molecule has 0 saturated heterocycles. The maximum absolute atomic E-state index is 11.1. The Morgan fingerprint density at radius 2 is 1.94 bits per heavy atom. The van der Waals surface area contributed by atoms with Crippen molar-refractivity contribution in [3.8, 4) is 0 Å². The van der Waals surface area contributed by atoms with Crippen LogP contribution < -0.4 is 10.0 Å². The van der Waals surface area contributed by atoms with Gasteiger partial charge in [0.25, 0.3) is 0 Å². The summed E-state index contributed by atoms with van der Waals surface area (Å²) in [4.78, 5) is 0. The zero-order valence-corrected chi connectivity index (χ0v) is 13.3. The fourth-order valence-electron chi connectivity index (χ4n) is 1.19. The van der Waals surface area contributed by atoms with E-state index in [9.17, 15) is 8.42 Å². The van der Waals surface area contributed by atoms with Crippen LogP contribution in [0.15, 0.2) is 27.1 Å². The zero-order valence-electron chi connectivity index (χ0n) is 9.33. The predicted octanol–water partition coefficient (Wildman–Crippen LogP) is 1.85. The molecule has 96 valence electrons. The van der Waals surface area contributed by atoms with Crippen molar-refractivity contribution in [2.24, 2.45) is 0 Å². The fraction of sp³-hybridized carbons (Fsp3) is 0.400. The van der Waals surface area contributed by atoms with Gasteiger partial charge in [-0.1, -0.05) is 6.07 Å². The molecule has 0 radical (unpaired) electrons. The van der Waals surface area contributed by atoms with Gasteiger partial charge in [0.05, 0.1) is 5.75 Å². The first-order chi connectivity index (χ1) is 7.94. The van der Waals surface area contributed by atoms with E-state index in [1.165, 1.54) is 7.05 Å². The molecule has 0 aliphatic rings. The zero-order chi connectivity index (χ0) is 12.9. The number of nitrogens with one attached hydrogen (secondary N) is 2. The highest BCUT2D eigenvalue weighted by molar-refractivity contribution is 9.13. The summed E-state index contributed by atoms with van der Waals surface area (Å²) in [5.41, 5.74) is 1.10. The molecular formula is C10H14Br2N2O2S. The minimum Gasteiger partial charge on any atom is -0.312 e. The Kier molecular flexibility index (Phi) is 6.08. The molecule has 0 aromatic heterocycles. The van der Waals surface area contributed by atoms with Gasteiger partial charge < -0.3 is 5.32 Å². The van der Waals surface area contributed by atoms with Crippen molar-refractivity contribution in [2.75, 3.05) is 19.3 Å². The summed E-state index contributed by atoms with van der Waals surface area (Å²) in [5, 5.41) is 3.08. The molecule has 0 amide bonds. The summed E-state index contributed by atoms with van der Waals surface area (Å²) in [6.07, 6.45) is 0. The summed E-state index contributed by atoms with van der Waals surface area (Å²) in [6.45, 7) is 1.07. The third kappa shape index (κ3) is 5.48. The van der Waals surface area contributed by atoms with E-state index in [2.05, 4.69) is 41.9 Å². The van der Waals surface area contributed by atoms with E-state index in [0.29, 0.717) is 13.1 Å². The molecule has 0 aliphatic carbocycles. The van der Waals surface area contributed by atoms with Gasteiger partial charge in [-0.2, -0.15) is 0 Å². The molecule has 0 fully saturated rings. The van der Waals surface area contributed by atoms with E-state index in [1.807, 2.05) is 18.2 Å². The number of rotatable bonds is 6. The topological polar surface area (TPSA) is 58.2 Å². The minimum absolute atomic E-state index is 0.0845. The van der Waals surface area contributed by atoms with Crippen molar-refractivity contribution in [2.45, 2.75) is 6.54 Å². The Labute approximate surface area is 118 Å². The van der Waals surface area contributed by atoms with Gasteiger partial charge in [0.1, 0.15) is 0 Å². The molecule has 1 aromatic rings. The summed E-state index contributed by atoms with van der Waals surface area (Å²) in [5.74, 6) is 0.0845. The second-order valence-electron chi connectivity index (χ2n) is 3.45. The molecule has 0 saturated carbocycles. The molecule has 1 aromatic carbocycles. The molecule has 0 aliphatic heterocycles. The molecule has 0 atom stereocenters. The predicted molar refractivity (Wildman–Crippen MR) is 76.4 cm³/mol. The number of hydrogen-bond donors (Lipinski definition) is 2. The van der Waals surface area contributed by atoms with E-state index in [4.69, 9.17) is 0 Å². The minimum atomic E-state index is -3.12. The second kappa shape index (κ2) is 6.84. The van der Waals surface area contributed by atoms with Gasteiger partial charge in [0, 0.05) is 22.0 Å². The van der Waals surface area contributed by atoms with Crippen molar-refractivity contribution < 1.29 is 8.42 Å². The highest BCUT2D eigenvalue weighted by Gasteiger charge is 2.05. The highest BCUT2D eigenvalue weighted by atomic mass is 79.9. The number of hydrogen-bond acceptors (Lipinski definition) is 3. The van der Waals surface area contributed by atoms with Crippen molar-refractivity contribution in [1.82, 2.24) is 10.0 Å². The Bertz CT molecular complexity index is 477. The Morgan fingerprint density at radius 3 is 2.53 bits per heavy atom. The average molecular weight is 386 g/mol. The molecule has 0 heterocycles. The van der Waals surface area contributed by atoms with Crippen molar-refractivity contribution in [3.05, 3.63) is 32.7 Å². The number of sulfonamides is 1. The standard InChI is InChI=1S/C10H14Br2N2O2S/c1-13-17(15,16)5-4-14-7-8-2-3-9(11)10(12)6-8/h2-3,6,13-14H,4-5,7H2,1H3. The second-order valence-corrected chi connectivity index (χ2v) is 7.20.